The Morgan fingerprint density at radius 3 is 1.60 bits per heavy atom. The summed E-state index contributed by atoms with van der Waals surface area (Å²) in [6.45, 7) is 11.7. The number of nitrogens with one attached hydrogen (secondary N) is 2. The smallest absolute Gasteiger partial charge is 0.870 e. The van der Waals surface area contributed by atoms with Crippen molar-refractivity contribution < 1.29 is 84.3 Å². The Morgan fingerprint density at radius 1 is 0.714 bits per heavy atom. The van der Waals surface area contributed by atoms with Crippen molar-refractivity contribution >= 4 is 58.8 Å². The van der Waals surface area contributed by atoms with Gasteiger partial charge in [0.15, 0.2) is 46.6 Å². The Kier molecular flexibility index (Phi) is 20.1. The van der Waals surface area contributed by atoms with Crippen molar-refractivity contribution in [2.75, 3.05) is 10.6 Å². The fraction of sp³-hybridized carbons (Fsp3) is 0.302. The first-order valence-corrected chi connectivity index (χ1v) is 21.1. The van der Waals surface area contributed by atoms with E-state index in [1.165, 1.54) is 25.0 Å². The van der Waals surface area contributed by atoms with Gasteiger partial charge in [0.1, 0.15) is 18.5 Å². The Bertz CT molecular complexity index is 3040. The number of benzene rings is 2. The van der Waals surface area contributed by atoms with Crippen LogP contribution in [0.5, 0.6) is 0 Å². The predicted molar refractivity (Wildman–Crippen MR) is 247 cm³/mol. The van der Waals surface area contributed by atoms with Crippen LogP contribution in [0.15, 0.2) is 70.5 Å². The number of anilines is 4. The molecule has 0 aliphatic heterocycles. The van der Waals surface area contributed by atoms with Crippen LogP contribution >= 0.6 is 23.2 Å². The summed E-state index contributed by atoms with van der Waals surface area (Å²) in [5.41, 5.74) is 6.26. The van der Waals surface area contributed by atoms with Crippen LogP contribution in [0.1, 0.15) is 87.3 Å². The minimum atomic E-state index is -0.686. The van der Waals surface area contributed by atoms with Gasteiger partial charge in [0.05, 0.1) is 21.2 Å². The van der Waals surface area contributed by atoms with E-state index in [9.17, 15) is 14.0 Å². The average Bonchev–Trinajstić information content (AvgIpc) is 4.14. The number of carbonyl (C=O) groups is 1. The summed E-state index contributed by atoms with van der Waals surface area (Å²) in [4.78, 5) is 55.0. The van der Waals surface area contributed by atoms with E-state index < -0.39 is 11.6 Å². The molecule has 8 aromatic rings. The van der Waals surface area contributed by atoms with Crippen molar-refractivity contribution in [1.29, 1.82) is 0 Å². The van der Waals surface area contributed by atoms with E-state index in [-0.39, 0.29) is 149 Å². The standard InChI is InChI=1S/C22H22ClFN8O2.C14H13ClFN7.C7H9N2O2.K.H2O/c1-22(2,3)20-29-19(34-31-20)14(33)8-6-12-5-7-13(17(24)16(12)23)18-25-11-26-21(28-18)27-15-9-10-32(4)30-15;1-23-5-4-10(22-23)20-14-19-7-18-13(21-14)9-3-2-8(6-17)11(15)12(9)16;1-7(2,3)6-8-5(4-10)11-9-6;;/h5,7,9-11H,6,8H2,1-4H3,(H,25,26,27,28,30);2-5,7H,6,17H2,1H3,(H,18,19,20,21,22);1-3H3;;1H2/q;;-1;+1;/p-1. The second-order valence-corrected chi connectivity index (χ2v) is 17.4. The Labute approximate surface area is 451 Å². The van der Waals surface area contributed by atoms with Crippen molar-refractivity contribution in [2.45, 2.75) is 71.8 Å². The molecule has 0 bridgehead atoms. The van der Waals surface area contributed by atoms with Crippen LogP contribution in [-0.4, -0.2) is 87.3 Å². The number of aromatic nitrogens is 14. The molecule has 22 nitrogen and oxygen atoms in total. The first-order valence-electron chi connectivity index (χ1n) is 20.4. The summed E-state index contributed by atoms with van der Waals surface area (Å²) in [5, 5.41) is 21.5. The summed E-state index contributed by atoms with van der Waals surface area (Å²) in [6.07, 6.45) is 7.85. The van der Waals surface area contributed by atoms with E-state index in [1.807, 2.05) is 41.5 Å². The monoisotopic (exact) mass is 1030 g/mol. The van der Waals surface area contributed by atoms with Gasteiger partial charge in [0.25, 0.3) is 5.89 Å². The van der Waals surface area contributed by atoms with Gasteiger partial charge in [0, 0.05) is 62.4 Å². The molecular weight excluding hydrogens is 983 g/mol. The molecule has 27 heteroatoms. The van der Waals surface area contributed by atoms with E-state index in [0.29, 0.717) is 34.4 Å². The van der Waals surface area contributed by atoms with E-state index >= 15 is 4.39 Å². The predicted octanol–water partition coefficient (Wildman–Crippen LogP) is 4.22. The first kappa shape index (κ1) is 56.7. The number of aryl methyl sites for hydroxylation is 3. The Balaban J connectivity index is 0.000000255. The van der Waals surface area contributed by atoms with Crippen molar-refractivity contribution in [3.8, 4) is 22.8 Å². The zero-order valence-corrected chi connectivity index (χ0v) is 44.0. The summed E-state index contributed by atoms with van der Waals surface area (Å²) >= 11 is 12.2. The molecule has 0 fully saturated rings. The fourth-order valence-electron chi connectivity index (χ4n) is 5.61. The minimum absolute atomic E-state index is 0. The number of hydrogen-bond acceptors (Lipinski definition) is 20. The number of Topliss-reactive ketones (excluding diaryl/α,β-unsaturated/α-hetero) is 1. The van der Waals surface area contributed by atoms with E-state index in [1.54, 1.807) is 66.2 Å². The topological polar surface area (TPSA) is 305 Å². The van der Waals surface area contributed by atoms with E-state index in [2.05, 4.69) is 75.5 Å². The number of halogens is 4. The normalized spacial score (nSPS) is 11.0. The maximum absolute atomic E-state index is 15.1. The molecule has 0 saturated heterocycles. The molecule has 70 heavy (non-hydrogen) atoms. The average molecular weight is 1030 g/mol. The summed E-state index contributed by atoms with van der Waals surface area (Å²) in [6, 6.07) is 9.86. The zero-order valence-electron chi connectivity index (χ0n) is 39.3. The van der Waals surface area contributed by atoms with Gasteiger partial charge in [-0.05, 0) is 29.7 Å². The Morgan fingerprint density at radius 2 is 1.19 bits per heavy atom. The van der Waals surface area contributed by atoms with E-state index in [4.69, 9.17) is 33.5 Å². The van der Waals surface area contributed by atoms with Gasteiger partial charge in [-0.2, -0.15) is 31.4 Å². The summed E-state index contributed by atoms with van der Waals surface area (Å²) < 4.78 is 42.4. The van der Waals surface area contributed by atoms with Crippen LogP contribution < -0.4 is 67.8 Å². The van der Waals surface area contributed by atoms with Gasteiger partial charge in [-0.3, -0.25) is 14.2 Å². The van der Waals surface area contributed by atoms with Gasteiger partial charge in [-0.1, -0.05) is 87.2 Å². The SMILES string of the molecule is CC(C)(C)c1noc([C-]=O)n1.Cn1ccc(Nc2ncnc(-c3ccc(CCC(=O)c4nc(C(C)(C)C)no4)c(Cl)c3F)n2)n1.Cn1ccc(Nc2ncnc(-c3ccc(CN)c(Cl)c3F)n2)n1.[K+].[OH-]. The van der Waals surface area contributed by atoms with Gasteiger partial charge < -0.3 is 35.7 Å². The van der Waals surface area contributed by atoms with Crippen LogP contribution in [-0.2, 0) is 42.7 Å². The third-order valence-electron chi connectivity index (χ3n) is 9.22. The maximum atomic E-state index is 15.1. The number of carbonyl (C=O) groups excluding carboxylic acids is 2. The van der Waals surface area contributed by atoms with Gasteiger partial charge in [-0.25, -0.2) is 33.7 Å². The van der Waals surface area contributed by atoms with Crippen molar-refractivity contribution in [2.24, 2.45) is 19.8 Å². The zero-order chi connectivity index (χ0) is 49.3. The number of hydrogen-bond donors (Lipinski definition) is 3. The first-order chi connectivity index (χ1) is 32.2. The largest absolute Gasteiger partial charge is 1.00 e. The summed E-state index contributed by atoms with van der Waals surface area (Å²) in [7, 11) is 3.57. The molecule has 0 radical (unpaired) electrons. The van der Waals surface area contributed by atoms with Crippen LogP contribution in [0.4, 0.5) is 32.3 Å². The van der Waals surface area contributed by atoms with Crippen molar-refractivity contribution in [3.05, 3.63) is 118 Å². The van der Waals surface area contributed by atoms with E-state index in [0.717, 1.165) is 0 Å². The Hall–Kier alpha value is -5.90. The number of nitrogens with two attached hydrogens (primary N) is 1. The van der Waals surface area contributed by atoms with Crippen molar-refractivity contribution in [1.82, 2.24) is 69.7 Å². The molecule has 8 rings (SSSR count). The molecule has 6 aromatic heterocycles. The number of ketones is 1. The molecule has 0 amide bonds. The van der Waals surface area contributed by atoms with Crippen LogP contribution in [0.2, 0.25) is 10.0 Å². The molecule has 0 aliphatic rings. The van der Waals surface area contributed by atoms with Gasteiger partial charge in [-0.15, -0.1) is 0 Å². The molecule has 362 valence electrons. The molecule has 6 heterocycles. The quantitative estimate of drug-likeness (QED) is 0.0876. The van der Waals surface area contributed by atoms with Gasteiger partial charge in [0.2, 0.25) is 17.7 Å². The van der Waals surface area contributed by atoms with Crippen LogP contribution in [0.25, 0.3) is 22.8 Å². The van der Waals surface area contributed by atoms with Crippen LogP contribution in [0, 0.1) is 11.6 Å². The van der Waals surface area contributed by atoms with Crippen molar-refractivity contribution in [3.63, 3.8) is 0 Å². The number of rotatable bonds is 12. The number of nitrogens with zero attached hydrogens (tertiary/aromatic N) is 14. The second-order valence-electron chi connectivity index (χ2n) is 16.6. The third-order valence-corrected chi connectivity index (χ3v) is 10.0. The molecular formula is C43H45Cl2F2KN17O5-. The van der Waals surface area contributed by atoms with Crippen LogP contribution in [0.3, 0.4) is 0 Å². The molecule has 2 aromatic carbocycles. The molecule has 0 aliphatic carbocycles. The third kappa shape index (κ3) is 14.8. The fourth-order valence-corrected chi connectivity index (χ4v) is 6.11. The minimum Gasteiger partial charge on any atom is -0.870 e. The molecule has 0 spiro atoms. The maximum Gasteiger partial charge on any atom is 1.00 e. The second kappa shape index (κ2) is 24.8. The molecule has 5 N–H and O–H groups in total. The van der Waals surface area contributed by atoms with Gasteiger partial charge >= 0.3 is 51.4 Å². The summed E-state index contributed by atoms with van der Waals surface area (Å²) in [5.74, 6) is 1.02. The molecule has 0 atom stereocenters. The molecule has 0 unspecified atom stereocenters. The molecule has 0 saturated carbocycles.